The Labute approximate surface area is 178 Å². The standard InChI is InChI=1S/C20H29N3O3.HI/c1-17-7-9-18(10-8-17)25-15-5-12-23-20(21-2)22-11-4-13-24-16-19-6-3-14-26-19;/h3,6-10,14H,4-5,11-13,15-16H2,1-2H3,(H2,21,22,23);1H. The maximum absolute atomic E-state index is 5.71. The van der Waals surface area contributed by atoms with Crippen LogP contribution in [0.4, 0.5) is 0 Å². The number of hydrogen-bond acceptors (Lipinski definition) is 4. The summed E-state index contributed by atoms with van der Waals surface area (Å²) in [6.07, 6.45) is 3.46. The molecule has 0 saturated heterocycles. The van der Waals surface area contributed by atoms with Crippen LogP contribution in [0.25, 0.3) is 0 Å². The number of nitrogens with zero attached hydrogens (tertiary/aromatic N) is 1. The molecule has 0 saturated carbocycles. The Bertz CT molecular complexity index is 630. The van der Waals surface area contributed by atoms with E-state index in [1.165, 1.54) is 5.56 Å². The van der Waals surface area contributed by atoms with Crippen LogP contribution in [0.5, 0.6) is 5.75 Å². The number of furan rings is 1. The summed E-state index contributed by atoms with van der Waals surface area (Å²) < 4.78 is 16.5. The van der Waals surface area contributed by atoms with Crippen molar-refractivity contribution in [3.8, 4) is 5.75 Å². The van der Waals surface area contributed by atoms with Gasteiger partial charge in [-0.05, 0) is 44.0 Å². The highest BCUT2D eigenvalue weighted by Crippen LogP contribution is 2.11. The van der Waals surface area contributed by atoms with Gasteiger partial charge >= 0.3 is 0 Å². The minimum atomic E-state index is 0. The molecule has 0 aliphatic carbocycles. The van der Waals surface area contributed by atoms with Crippen LogP contribution in [0, 0.1) is 6.92 Å². The number of nitrogens with one attached hydrogen (secondary N) is 2. The zero-order valence-electron chi connectivity index (χ0n) is 16.1. The summed E-state index contributed by atoms with van der Waals surface area (Å²) in [4.78, 5) is 4.21. The van der Waals surface area contributed by atoms with Crippen molar-refractivity contribution >= 4 is 29.9 Å². The predicted octanol–water partition coefficient (Wildman–Crippen LogP) is 3.75. The monoisotopic (exact) mass is 487 g/mol. The molecule has 2 N–H and O–H groups in total. The average molecular weight is 487 g/mol. The molecule has 1 heterocycles. The van der Waals surface area contributed by atoms with Gasteiger partial charge < -0.3 is 24.5 Å². The fraction of sp³-hybridized carbons (Fsp3) is 0.450. The van der Waals surface area contributed by atoms with E-state index in [4.69, 9.17) is 13.9 Å². The van der Waals surface area contributed by atoms with Crippen molar-refractivity contribution in [1.29, 1.82) is 0 Å². The molecule has 0 aliphatic heterocycles. The van der Waals surface area contributed by atoms with Gasteiger partial charge in [0.1, 0.15) is 18.1 Å². The molecule has 0 bridgehead atoms. The molecule has 0 aliphatic rings. The highest BCUT2D eigenvalue weighted by atomic mass is 127. The van der Waals surface area contributed by atoms with Gasteiger partial charge in [-0.1, -0.05) is 17.7 Å². The number of halogens is 1. The van der Waals surface area contributed by atoms with Gasteiger partial charge in [-0.15, -0.1) is 24.0 Å². The zero-order valence-corrected chi connectivity index (χ0v) is 18.4. The molecule has 2 aromatic rings. The maximum atomic E-state index is 5.71. The molecule has 27 heavy (non-hydrogen) atoms. The molecular weight excluding hydrogens is 457 g/mol. The first-order valence-electron chi connectivity index (χ1n) is 9.02. The molecule has 0 atom stereocenters. The molecule has 6 nitrogen and oxygen atoms in total. The molecule has 2 rings (SSSR count). The highest BCUT2D eigenvalue weighted by Gasteiger charge is 1.99. The Morgan fingerprint density at radius 3 is 2.37 bits per heavy atom. The van der Waals surface area contributed by atoms with Gasteiger partial charge in [0.2, 0.25) is 0 Å². The first-order chi connectivity index (χ1) is 12.8. The van der Waals surface area contributed by atoms with E-state index in [0.29, 0.717) is 19.8 Å². The second-order valence-electron chi connectivity index (χ2n) is 5.93. The van der Waals surface area contributed by atoms with E-state index in [2.05, 4.69) is 34.7 Å². The first-order valence-corrected chi connectivity index (χ1v) is 9.02. The van der Waals surface area contributed by atoms with Crippen molar-refractivity contribution in [1.82, 2.24) is 10.6 Å². The van der Waals surface area contributed by atoms with E-state index >= 15 is 0 Å². The third-order valence-corrected chi connectivity index (χ3v) is 3.71. The van der Waals surface area contributed by atoms with E-state index < -0.39 is 0 Å². The van der Waals surface area contributed by atoms with E-state index in [1.807, 2.05) is 24.3 Å². The number of benzene rings is 1. The number of guanidine groups is 1. The van der Waals surface area contributed by atoms with Crippen LogP contribution < -0.4 is 15.4 Å². The molecule has 1 aromatic carbocycles. The third-order valence-electron chi connectivity index (χ3n) is 3.71. The van der Waals surface area contributed by atoms with Gasteiger partial charge in [-0.2, -0.15) is 0 Å². The Kier molecular flexibility index (Phi) is 12.4. The van der Waals surface area contributed by atoms with E-state index in [0.717, 1.165) is 43.4 Å². The summed E-state index contributed by atoms with van der Waals surface area (Å²) in [6, 6.07) is 11.9. The van der Waals surface area contributed by atoms with Crippen LogP contribution in [0.15, 0.2) is 52.1 Å². The molecular formula is C20H30IN3O3. The molecule has 0 radical (unpaired) electrons. The van der Waals surface area contributed by atoms with E-state index in [-0.39, 0.29) is 24.0 Å². The zero-order chi connectivity index (χ0) is 18.5. The smallest absolute Gasteiger partial charge is 0.190 e. The second-order valence-corrected chi connectivity index (χ2v) is 5.93. The first kappa shape index (κ1) is 23.3. The van der Waals surface area contributed by atoms with Crippen molar-refractivity contribution in [2.24, 2.45) is 4.99 Å². The molecule has 150 valence electrons. The van der Waals surface area contributed by atoms with Gasteiger partial charge in [0, 0.05) is 26.7 Å². The van der Waals surface area contributed by atoms with Gasteiger partial charge in [-0.3, -0.25) is 4.99 Å². The normalized spacial score (nSPS) is 11.0. The van der Waals surface area contributed by atoms with Crippen molar-refractivity contribution in [2.45, 2.75) is 26.4 Å². The lowest BCUT2D eigenvalue weighted by Crippen LogP contribution is -2.38. The van der Waals surface area contributed by atoms with Gasteiger partial charge in [0.15, 0.2) is 5.96 Å². The van der Waals surface area contributed by atoms with Crippen LogP contribution in [-0.4, -0.2) is 39.3 Å². The molecule has 0 amide bonds. The van der Waals surface area contributed by atoms with E-state index in [9.17, 15) is 0 Å². The van der Waals surface area contributed by atoms with Crippen LogP contribution in [-0.2, 0) is 11.3 Å². The summed E-state index contributed by atoms with van der Waals surface area (Å²) in [7, 11) is 1.77. The van der Waals surface area contributed by atoms with E-state index in [1.54, 1.807) is 13.3 Å². The largest absolute Gasteiger partial charge is 0.494 e. The van der Waals surface area contributed by atoms with Crippen LogP contribution in [0.1, 0.15) is 24.2 Å². The summed E-state index contributed by atoms with van der Waals surface area (Å²) in [5, 5.41) is 6.55. The fourth-order valence-electron chi connectivity index (χ4n) is 2.27. The maximum Gasteiger partial charge on any atom is 0.190 e. The summed E-state index contributed by atoms with van der Waals surface area (Å²) in [6.45, 7) is 5.54. The van der Waals surface area contributed by atoms with Crippen LogP contribution in [0.3, 0.4) is 0 Å². The Morgan fingerprint density at radius 2 is 1.74 bits per heavy atom. The van der Waals surface area contributed by atoms with Gasteiger partial charge in [0.25, 0.3) is 0 Å². The van der Waals surface area contributed by atoms with Crippen LogP contribution >= 0.6 is 24.0 Å². The minimum absolute atomic E-state index is 0. The van der Waals surface area contributed by atoms with Crippen molar-refractivity contribution in [2.75, 3.05) is 33.4 Å². The summed E-state index contributed by atoms with van der Waals surface area (Å²) >= 11 is 0. The third kappa shape index (κ3) is 10.2. The second kappa shape index (κ2) is 14.3. The van der Waals surface area contributed by atoms with Crippen molar-refractivity contribution in [3.05, 3.63) is 54.0 Å². The molecule has 1 aromatic heterocycles. The lowest BCUT2D eigenvalue weighted by atomic mass is 10.2. The molecule has 7 heteroatoms. The lowest BCUT2D eigenvalue weighted by Gasteiger charge is -2.12. The Morgan fingerprint density at radius 1 is 1.04 bits per heavy atom. The Hall–Kier alpha value is -1.74. The lowest BCUT2D eigenvalue weighted by molar-refractivity contribution is 0.105. The van der Waals surface area contributed by atoms with Crippen molar-refractivity contribution in [3.63, 3.8) is 0 Å². The van der Waals surface area contributed by atoms with Gasteiger partial charge in [0.05, 0.1) is 12.9 Å². The number of hydrogen-bond donors (Lipinski definition) is 2. The molecule has 0 unspecified atom stereocenters. The molecule has 0 spiro atoms. The SMILES string of the molecule is CN=C(NCCCOCc1ccco1)NCCCOc1ccc(C)cc1.I. The number of rotatable bonds is 11. The summed E-state index contributed by atoms with van der Waals surface area (Å²) in [5.74, 6) is 2.56. The summed E-state index contributed by atoms with van der Waals surface area (Å²) in [5.41, 5.74) is 1.24. The topological polar surface area (TPSA) is 68.0 Å². The number of ether oxygens (including phenoxy) is 2. The average Bonchev–Trinajstić information content (AvgIpc) is 3.17. The Balaban J connectivity index is 0.00000364. The number of aryl methyl sites for hydroxylation is 1. The van der Waals surface area contributed by atoms with Crippen molar-refractivity contribution < 1.29 is 13.9 Å². The molecule has 0 fully saturated rings. The minimum Gasteiger partial charge on any atom is -0.494 e. The van der Waals surface area contributed by atoms with Gasteiger partial charge in [-0.25, -0.2) is 0 Å². The number of aliphatic imine (C=N–C) groups is 1. The quantitative estimate of drug-likeness (QED) is 0.219. The predicted molar refractivity (Wildman–Crippen MR) is 119 cm³/mol. The fourth-order valence-corrected chi connectivity index (χ4v) is 2.27. The van der Waals surface area contributed by atoms with Crippen LogP contribution in [0.2, 0.25) is 0 Å². The highest BCUT2D eigenvalue weighted by molar-refractivity contribution is 14.0.